The van der Waals surface area contributed by atoms with E-state index in [0.717, 1.165) is 24.5 Å². The lowest BCUT2D eigenvalue weighted by Gasteiger charge is -2.25. The standard InChI is InChI=1S/C17H27N3O/c1-7-17(21)18-15-12-14(13(2)3)8-9-16(15)20(6)11-10-19(4)5/h7-9,12-13H,1,10-11H2,2-6H3,(H,18,21). The highest BCUT2D eigenvalue weighted by Crippen LogP contribution is 2.29. The van der Waals surface area contributed by atoms with Gasteiger partial charge in [-0.1, -0.05) is 26.5 Å². The summed E-state index contributed by atoms with van der Waals surface area (Å²) in [5, 5.41) is 2.91. The van der Waals surface area contributed by atoms with Gasteiger partial charge in [0.15, 0.2) is 0 Å². The fourth-order valence-electron chi connectivity index (χ4n) is 2.00. The van der Waals surface area contributed by atoms with E-state index in [-0.39, 0.29) is 5.91 Å². The molecule has 4 heteroatoms. The average Bonchev–Trinajstić information content (AvgIpc) is 2.44. The lowest BCUT2D eigenvalue weighted by molar-refractivity contribution is -0.111. The van der Waals surface area contributed by atoms with Crippen LogP contribution in [0.1, 0.15) is 25.3 Å². The van der Waals surface area contributed by atoms with Crippen molar-refractivity contribution in [2.45, 2.75) is 19.8 Å². The van der Waals surface area contributed by atoms with Crippen LogP contribution >= 0.6 is 0 Å². The van der Waals surface area contributed by atoms with Crippen LogP contribution < -0.4 is 10.2 Å². The van der Waals surface area contributed by atoms with E-state index in [1.54, 1.807) is 0 Å². The minimum absolute atomic E-state index is 0.182. The summed E-state index contributed by atoms with van der Waals surface area (Å²) >= 11 is 0. The van der Waals surface area contributed by atoms with E-state index in [1.165, 1.54) is 11.6 Å². The van der Waals surface area contributed by atoms with Crippen molar-refractivity contribution in [2.75, 3.05) is 44.4 Å². The molecule has 0 saturated heterocycles. The Hall–Kier alpha value is -1.81. The number of anilines is 2. The van der Waals surface area contributed by atoms with Crippen LogP contribution in [0.2, 0.25) is 0 Å². The first-order valence-electron chi connectivity index (χ1n) is 7.28. The van der Waals surface area contributed by atoms with E-state index < -0.39 is 0 Å². The zero-order valence-corrected chi connectivity index (χ0v) is 13.8. The molecule has 1 rings (SSSR count). The first-order chi connectivity index (χ1) is 9.85. The number of carbonyl (C=O) groups excluding carboxylic acids is 1. The SMILES string of the molecule is C=CC(=O)Nc1cc(C(C)C)ccc1N(C)CCN(C)C. The van der Waals surface area contributed by atoms with Crippen molar-refractivity contribution < 1.29 is 4.79 Å². The minimum atomic E-state index is -0.182. The molecule has 1 aromatic rings. The van der Waals surface area contributed by atoms with Crippen molar-refractivity contribution in [3.63, 3.8) is 0 Å². The van der Waals surface area contributed by atoms with E-state index in [0.29, 0.717) is 5.92 Å². The lowest BCUT2D eigenvalue weighted by atomic mass is 10.0. The van der Waals surface area contributed by atoms with Crippen LogP contribution in [0, 0.1) is 0 Å². The lowest BCUT2D eigenvalue weighted by Crippen LogP contribution is -2.29. The van der Waals surface area contributed by atoms with E-state index >= 15 is 0 Å². The maximum atomic E-state index is 11.6. The van der Waals surface area contributed by atoms with Crippen LogP contribution in [0.5, 0.6) is 0 Å². The molecule has 0 radical (unpaired) electrons. The number of nitrogens with one attached hydrogen (secondary N) is 1. The minimum Gasteiger partial charge on any atom is -0.372 e. The highest BCUT2D eigenvalue weighted by molar-refractivity contribution is 6.01. The van der Waals surface area contributed by atoms with Crippen molar-refractivity contribution in [3.8, 4) is 0 Å². The normalized spacial score (nSPS) is 10.8. The number of hydrogen-bond acceptors (Lipinski definition) is 3. The Morgan fingerprint density at radius 3 is 2.48 bits per heavy atom. The van der Waals surface area contributed by atoms with Crippen molar-refractivity contribution in [2.24, 2.45) is 0 Å². The molecule has 0 fully saturated rings. The molecular weight excluding hydrogens is 262 g/mol. The molecular formula is C17H27N3O. The number of amides is 1. The van der Waals surface area contributed by atoms with E-state index in [1.807, 2.05) is 13.1 Å². The van der Waals surface area contributed by atoms with Gasteiger partial charge in [0, 0.05) is 20.1 Å². The summed E-state index contributed by atoms with van der Waals surface area (Å²) in [6, 6.07) is 6.24. The van der Waals surface area contributed by atoms with Gasteiger partial charge in [0.05, 0.1) is 11.4 Å². The summed E-state index contributed by atoms with van der Waals surface area (Å²) in [6.07, 6.45) is 1.30. The van der Waals surface area contributed by atoms with Crippen LogP contribution in [0.15, 0.2) is 30.9 Å². The van der Waals surface area contributed by atoms with Crippen molar-refractivity contribution in [1.29, 1.82) is 0 Å². The van der Waals surface area contributed by atoms with Gasteiger partial charge in [0.1, 0.15) is 0 Å². The molecule has 1 amide bonds. The summed E-state index contributed by atoms with van der Waals surface area (Å²) in [5.74, 6) is 0.240. The number of likely N-dealkylation sites (N-methyl/N-ethyl adjacent to an activating group) is 2. The van der Waals surface area contributed by atoms with Crippen LogP contribution in [-0.2, 0) is 4.79 Å². The Bertz CT molecular complexity index is 495. The highest BCUT2D eigenvalue weighted by atomic mass is 16.1. The van der Waals surface area contributed by atoms with E-state index in [4.69, 9.17) is 0 Å². The molecule has 0 atom stereocenters. The van der Waals surface area contributed by atoms with Crippen LogP contribution in [0.4, 0.5) is 11.4 Å². The maximum absolute atomic E-state index is 11.6. The number of nitrogens with zero attached hydrogens (tertiary/aromatic N) is 2. The molecule has 0 spiro atoms. The maximum Gasteiger partial charge on any atom is 0.247 e. The van der Waals surface area contributed by atoms with Gasteiger partial charge >= 0.3 is 0 Å². The summed E-state index contributed by atoms with van der Waals surface area (Å²) in [4.78, 5) is 15.9. The first kappa shape index (κ1) is 17.2. The van der Waals surface area contributed by atoms with Gasteiger partial charge in [-0.15, -0.1) is 0 Å². The molecule has 0 unspecified atom stereocenters. The molecule has 0 aliphatic carbocycles. The van der Waals surface area contributed by atoms with Gasteiger partial charge in [0.2, 0.25) is 5.91 Å². The molecule has 0 aromatic heterocycles. The second-order valence-electron chi connectivity index (χ2n) is 5.85. The quantitative estimate of drug-likeness (QED) is 0.784. The average molecular weight is 289 g/mol. The van der Waals surface area contributed by atoms with Gasteiger partial charge in [-0.3, -0.25) is 4.79 Å². The summed E-state index contributed by atoms with van der Waals surface area (Å²) in [6.45, 7) is 9.65. The molecule has 116 valence electrons. The molecule has 0 aliphatic rings. The number of benzene rings is 1. The fraction of sp³-hybridized carbons (Fsp3) is 0.471. The predicted octanol–water partition coefficient (Wildman–Crippen LogP) is 2.93. The van der Waals surface area contributed by atoms with Gasteiger partial charge in [-0.2, -0.15) is 0 Å². The molecule has 4 nitrogen and oxygen atoms in total. The Balaban J connectivity index is 3.05. The molecule has 21 heavy (non-hydrogen) atoms. The topological polar surface area (TPSA) is 35.6 Å². The first-order valence-corrected chi connectivity index (χ1v) is 7.28. The number of rotatable bonds is 7. The zero-order valence-electron chi connectivity index (χ0n) is 13.8. The molecule has 1 N–H and O–H groups in total. The van der Waals surface area contributed by atoms with E-state index in [9.17, 15) is 4.79 Å². The van der Waals surface area contributed by atoms with E-state index in [2.05, 4.69) is 61.8 Å². The van der Waals surface area contributed by atoms with Crippen molar-refractivity contribution >= 4 is 17.3 Å². The monoisotopic (exact) mass is 289 g/mol. The molecule has 0 saturated carbocycles. The third-order valence-corrected chi connectivity index (χ3v) is 3.42. The predicted molar refractivity (Wildman–Crippen MR) is 91.2 cm³/mol. The van der Waals surface area contributed by atoms with Gasteiger partial charge in [0.25, 0.3) is 0 Å². The van der Waals surface area contributed by atoms with Crippen LogP contribution in [-0.4, -0.2) is 45.0 Å². The Labute approximate surface area is 128 Å². The van der Waals surface area contributed by atoms with Gasteiger partial charge < -0.3 is 15.1 Å². The highest BCUT2D eigenvalue weighted by Gasteiger charge is 2.11. The molecule has 1 aromatic carbocycles. The van der Waals surface area contributed by atoms with Crippen molar-refractivity contribution in [1.82, 2.24) is 4.90 Å². The van der Waals surface area contributed by atoms with Crippen molar-refractivity contribution in [3.05, 3.63) is 36.4 Å². The number of hydrogen-bond donors (Lipinski definition) is 1. The fourth-order valence-corrected chi connectivity index (χ4v) is 2.00. The third kappa shape index (κ3) is 5.23. The largest absolute Gasteiger partial charge is 0.372 e. The molecule has 0 bridgehead atoms. The molecule has 0 aliphatic heterocycles. The van der Waals surface area contributed by atoms with Crippen LogP contribution in [0.25, 0.3) is 0 Å². The summed E-state index contributed by atoms with van der Waals surface area (Å²) in [5.41, 5.74) is 3.07. The smallest absolute Gasteiger partial charge is 0.247 e. The molecule has 0 heterocycles. The zero-order chi connectivity index (χ0) is 16.0. The van der Waals surface area contributed by atoms with Gasteiger partial charge in [-0.05, 0) is 43.8 Å². The summed E-state index contributed by atoms with van der Waals surface area (Å²) in [7, 11) is 6.14. The van der Waals surface area contributed by atoms with Crippen LogP contribution in [0.3, 0.4) is 0 Å². The second kappa shape index (κ2) is 7.84. The summed E-state index contributed by atoms with van der Waals surface area (Å²) < 4.78 is 0. The Morgan fingerprint density at radius 2 is 1.95 bits per heavy atom. The Kier molecular flexibility index (Phi) is 6.43. The second-order valence-corrected chi connectivity index (χ2v) is 5.85. The number of carbonyl (C=O) groups is 1. The van der Waals surface area contributed by atoms with Gasteiger partial charge in [-0.25, -0.2) is 0 Å². The Morgan fingerprint density at radius 1 is 1.29 bits per heavy atom. The third-order valence-electron chi connectivity index (χ3n) is 3.42.